The van der Waals surface area contributed by atoms with Crippen LogP contribution < -0.4 is 0 Å². The molecule has 0 fully saturated rings. The summed E-state index contributed by atoms with van der Waals surface area (Å²) in [5.74, 6) is 0. The van der Waals surface area contributed by atoms with Crippen molar-refractivity contribution in [1.29, 1.82) is 0 Å². The quantitative estimate of drug-likeness (QED) is 0.650. The summed E-state index contributed by atoms with van der Waals surface area (Å²) in [5, 5.41) is 0.886. The van der Waals surface area contributed by atoms with Crippen LogP contribution in [-0.2, 0) is 5.33 Å². The Kier molecular flexibility index (Phi) is 4.41. The number of halogens is 2. The van der Waals surface area contributed by atoms with Gasteiger partial charge in [-0.2, -0.15) is 0 Å². The molecule has 0 aliphatic carbocycles. The Morgan fingerprint density at radius 3 is 2.29 bits per heavy atom. The summed E-state index contributed by atoms with van der Waals surface area (Å²) >= 11 is 7.33. The molecule has 0 saturated heterocycles. The summed E-state index contributed by atoms with van der Waals surface area (Å²) in [5.41, 5.74) is 5.24. The van der Waals surface area contributed by atoms with Gasteiger partial charge in [-0.1, -0.05) is 86.0 Å². The summed E-state index contributed by atoms with van der Waals surface area (Å²) < 4.78 is 0. The van der Waals surface area contributed by atoms with E-state index in [1.54, 1.807) is 0 Å². The van der Waals surface area contributed by atoms with Gasteiger partial charge in [-0.05, 0) is 23.6 Å². The van der Waals surface area contributed by atoms with E-state index in [1.807, 2.05) is 0 Å². The SMILES string of the molecule is Cc1ccc(C(Br)c2ccccc2CBr)cc1. The Morgan fingerprint density at radius 2 is 1.65 bits per heavy atom. The van der Waals surface area contributed by atoms with E-state index >= 15 is 0 Å². The Morgan fingerprint density at radius 1 is 1.00 bits per heavy atom. The lowest BCUT2D eigenvalue weighted by molar-refractivity contribution is 1.13. The van der Waals surface area contributed by atoms with Crippen LogP contribution >= 0.6 is 31.9 Å². The molecule has 0 nitrogen and oxygen atoms in total. The monoisotopic (exact) mass is 352 g/mol. The first kappa shape index (κ1) is 12.8. The lowest BCUT2D eigenvalue weighted by Gasteiger charge is -2.14. The Labute approximate surface area is 119 Å². The molecule has 1 unspecified atom stereocenters. The zero-order valence-corrected chi connectivity index (χ0v) is 12.8. The molecule has 2 rings (SSSR count). The third kappa shape index (κ3) is 2.99. The second kappa shape index (κ2) is 5.83. The number of aryl methyl sites for hydroxylation is 1. The fourth-order valence-corrected chi connectivity index (χ4v) is 3.08. The van der Waals surface area contributed by atoms with Crippen molar-refractivity contribution in [1.82, 2.24) is 0 Å². The topological polar surface area (TPSA) is 0 Å². The number of alkyl halides is 2. The van der Waals surface area contributed by atoms with Gasteiger partial charge in [0.2, 0.25) is 0 Å². The largest absolute Gasteiger partial charge is 0.0876 e. The van der Waals surface area contributed by atoms with E-state index in [2.05, 4.69) is 87.3 Å². The van der Waals surface area contributed by atoms with Gasteiger partial charge in [-0.25, -0.2) is 0 Å². The molecule has 0 aliphatic rings. The lowest BCUT2D eigenvalue weighted by Crippen LogP contribution is -1.97. The summed E-state index contributed by atoms with van der Waals surface area (Å²) in [6.45, 7) is 2.11. The van der Waals surface area contributed by atoms with Crippen LogP contribution in [0.15, 0.2) is 48.5 Å². The van der Waals surface area contributed by atoms with Crippen LogP contribution in [0.1, 0.15) is 27.1 Å². The zero-order chi connectivity index (χ0) is 12.3. The predicted molar refractivity (Wildman–Crippen MR) is 81.0 cm³/mol. The molecule has 0 spiro atoms. The fourth-order valence-electron chi connectivity index (χ4n) is 1.82. The molecule has 2 aromatic rings. The number of rotatable bonds is 3. The molecule has 0 aromatic heterocycles. The molecule has 0 bridgehead atoms. The van der Waals surface area contributed by atoms with Crippen molar-refractivity contribution in [3.63, 3.8) is 0 Å². The molecule has 2 heteroatoms. The molecule has 1 atom stereocenters. The van der Waals surface area contributed by atoms with Gasteiger partial charge in [0.1, 0.15) is 0 Å². The second-order valence-corrected chi connectivity index (χ2v) is 5.58. The molecule has 0 saturated carbocycles. The summed E-state index contributed by atoms with van der Waals surface area (Å²) in [6, 6.07) is 17.2. The van der Waals surface area contributed by atoms with Gasteiger partial charge in [0, 0.05) is 5.33 Å². The van der Waals surface area contributed by atoms with E-state index in [0.717, 1.165) is 5.33 Å². The molecule has 2 aromatic carbocycles. The maximum Gasteiger partial charge on any atom is 0.0647 e. The van der Waals surface area contributed by atoms with E-state index in [0.29, 0.717) is 0 Å². The normalized spacial score (nSPS) is 12.4. The Hall–Kier alpha value is -0.600. The molecule has 88 valence electrons. The highest BCUT2D eigenvalue weighted by Gasteiger charge is 2.12. The van der Waals surface area contributed by atoms with Crippen molar-refractivity contribution in [2.24, 2.45) is 0 Å². The van der Waals surface area contributed by atoms with Crippen molar-refractivity contribution in [3.05, 3.63) is 70.8 Å². The van der Waals surface area contributed by atoms with E-state index in [-0.39, 0.29) is 4.83 Å². The van der Waals surface area contributed by atoms with E-state index < -0.39 is 0 Å². The zero-order valence-electron chi connectivity index (χ0n) is 9.66. The van der Waals surface area contributed by atoms with Gasteiger partial charge in [-0.3, -0.25) is 0 Å². The third-order valence-corrected chi connectivity index (χ3v) is 4.47. The lowest BCUT2D eigenvalue weighted by atomic mass is 10.00. The fraction of sp³-hybridized carbons (Fsp3) is 0.200. The van der Waals surface area contributed by atoms with E-state index in [9.17, 15) is 0 Å². The number of hydrogen-bond donors (Lipinski definition) is 0. The van der Waals surface area contributed by atoms with Crippen molar-refractivity contribution >= 4 is 31.9 Å². The van der Waals surface area contributed by atoms with Gasteiger partial charge < -0.3 is 0 Å². The minimum atomic E-state index is 0.261. The highest BCUT2D eigenvalue weighted by Crippen LogP contribution is 2.33. The van der Waals surface area contributed by atoms with Crippen LogP contribution in [0.25, 0.3) is 0 Å². The minimum absolute atomic E-state index is 0.261. The maximum atomic E-state index is 3.79. The van der Waals surface area contributed by atoms with Gasteiger partial charge in [0.15, 0.2) is 0 Å². The van der Waals surface area contributed by atoms with Crippen LogP contribution in [0.5, 0.6) is 0 Å². The second-order valence-electron chi connectivity index (χ2n) is 4.11. The average molecular weight is 354 g/mol. The summed E-state index contributed by atoms with van der Waals surface area (Å²) in [6.07, 6.45) is 0. The van der Waals surface area contributed by atoms with Crippen molar-refractivity contribution < 1.29 is 0 Å². The van der Waals surface area contributed by atoms with E-state index in [4.69, 9.17) is 0 Å². The summed E-state index contributed by atoms with van der Waals surface area (Å²) in [4.78, 5) is 0.261. The van der Waals surface area contributed by atoms with E-state index in [1.165, 1.54) is 22.3 Å². The van der Waals surface area contributed by atoms with Crippen LogP contribution in [0.2, 0.25) is 0 Å². The Balaban J connectivity index is 2.36. The number of benzene rings is 2. The molecule has 0 amide bonds. The molecule has 0 N–H and O–H groups in total. The Bertz CT molecular complexity index is 489. The van der Waals surface area contributed by atoms with Gasteiger partial charge in [-0.15, -0.1) is 0 Å². The van der Waals surface area contributed by atoms with Crippen molar-refractivity contribution in [3.8, 4) is 0 Å². The summed E-state index contributed by atoms with van der Waals surface area (Å²) in [7, 11) is 0. The molecule has 17 heavy (non-hydrogen) atoms. The highest BCUT2D eigenvalue weighted by atomic mass is 79.9. The third-order valence-electron chi connectivity index (χ3n) is 2.84. The first-order valence-corrected chi connectivity index (χ1v) is 7.60. The van der Waals surface area contributed by atoms with Crippen molar-refractivity contribution in [2.45, 2.75) is 17.1 Å². The first-order valence-electron chi connectivity index (χ1n) is 5.57. The molecule has 0 aliphatic heterocycles. The van der Waals surface area contributed by atoms with Crippen LogP contribution in [0, 0.1) is 6.92 Å². The van der Waals surface area contributed by atoms with Crippen molar-refractivity contribution in [2.75, 3.05) is 0 Å². The van der Waals surface area contributed by atoms with Crippen LogP contribution in [0.3, 0.4) is 0 Å². The molecule has 0 heterocycles. The predicted octanol–water partition coefficient (Wildman–Crippen LogP) is 5.37. The van der Waals surface area contributed by atoms with Gasteiger partial charge in [0.05, 0.1) is 4.83 Å². The molecular formula is C15H14Br2. The van der Waals surface area contributed by atoms with Gasteiger partial charge in [0.25, 0.3) is 0 Å². The average Bonchev–Trinajstić information content (AvgIpc) is 2.39. The first-order chi connectivity index (χ1) is 8.22. The highest BCUT2D eigenvalue weighted by molar-refractivity contribution is 9.09. The minimum Gasteiger partial charge on any atom is -0.0876 e. The van der Waals surface area contributed by atoms with Crippen LogP contribution in [0.4, 0.5) is 0 Å². The molecular weight excluding hydrogens is 340 g/mol. The molecule has 0 radical (unpaired) electrons. The standard InChI is InChI=1S/C15H14Br2/c1-11-6-8-12(9-7-11)15(17)14-5-3-2-4-13(14)10-16/h2-9,15H,10H2,1H3. The maximum absolute atomic E-state index is 3.79. The van der Waals surface area contributed by atoms with Gasteiger partial charge >= 0.3 is 0 Å². The number of hydrogen-bond acceptors (Lipinski definition) is 0. The van der Waals surface area contributed by atoms with Crippen LogP contribution in [-0.4, -0.2) is 0 Å². The smallest absolute Gasteiger partial charge is 0.0647 e.